The van der Waals surface area contributed by atoms with Crippen molar-refractivity contribution >= 4 is 17.9 Å². The van der Waals surface area contributed by atoms with Crippen molar-refractivity contribution < 1.29 is 18.7 Å². The number of fused-ring (bicyclic) bond motifs is 1. The van der Waals surface area contributed by atoms with Crippen molar-refractivity contribution in [3.05, 3.63) is 58.4 Å². The van der Waals surface area contributed by atoms with Crippen LogP contribution < -0.4 is 9.47 Å². The molecule has 0 N–H and O–H groups in total. The first-order chi connectivity index (χ1) is 9.53. The number of carbonyl (C=O) groups excluding carboxylic acids is 1. The molecule has 2 aromatic rings. The molecule has 0 radical (unpaired) electrons. The molecule has 0 spiro atoms. The maximum Gasteiger partial charge on any atom is 0.278 e. The Hall–Kier alpha value is -2.07. The maximum absolute atomic E-state index is 14.0. The molecule has 0 saturated heterocycles. The zero-order valence-electron chi connectivity index (χ0n) is 10.5. The molecule has 2 aromatic carbocycles. The Bertz CT molecular complexity index is 702. The predicted octanol–water partition coefficient (Wildman–Crippen LogP) is 3.94. The van der Waals surface area contributed by atoms with Gasteiger partial charge in [-0.15, -0.1) is 0 Å². The van der Waals surface area contributed by atoms with E-state index in [2.05, 4.69) is 0 Å². The lowest BCUT2D eigenvalue weighted by Gasteiger charge is -2.24. The molecule has 1 aliphatic rings. The van der Waals surface area contributed by atoms with Crippen LogP contribution in [-0.4, -0.2) is 6.29 Å². The first-order valence-electron chi connectivity index (χ1n) is 5.95. The second-order valence-electron chi connectivity index (χ2n) is 4.57. The van der Waals surface area contributed by atoms with Gasteiger partial charge < -0.3 is 9.47 Å². The lowest BCUT2D eigenvalue weighted by Crippen LogP contribution is -2.32. The van der Waals surface area contributed by atoms with E-state index in [0.717, 1.165) is 0 Å². The van der Waals surface area contributed by atoms with Crippen LogP contribution in [0, 0.1) is 5.82 Å². The average molecular weight is 293 g/mol. The number of aldehydes is 1. The van der Waals surface area contributed by atoms with E-state index in [4.69, 9.17) is 21.1 Å². The molecule has 1 aliphatic heterocycles. The Balaban J connectivity index is 2.07. The molecule has 3 rings (SSSR count). The number of para-hydroxylation sites is 1. The van der Waals surface area contributed by atoms with Gasteiger partial charge in [-0.2, -0.15) is 0 Å². The molecule has 0 fully saturated rings. The summed E-state index contributed by atoms with van der Waals surface area (Å²) in [5.41, 5.74) is 0.579. The summed E-state index contributed by atoms with van der Waals surface area (Å²) < 4.78 is 25.4. The van der Waals surface area contributed by atoms with E-state index >= 15 is 0 Å². The Kier molecular flexibility index (Phi) is 2.91. The second-order valence-corrected chi connectivity index (χ2v) is 5.00. The molecule has 1 heterocycles. The number of ether oxygens (including phenoxy) is 2. The van der Waals surface area contributed by atoms with Crippen molar-refractivity contribution in [3.63, 3.8) is 0 Å². The van der Waals surface area contributed by atoms with Crippen LogP contribution in [0.15, 0.2) is 36.4 Å². The zero-order valence-corrected chi connectivity index (χ0v) is 11.3. The molecule has 102 valence electrons. The Morgan fingerprint density at radius 3 is 2.75 bits per heavy atom. The number of hydrogen-bond acceptors (Lipinski definition) is 3. The van der Waals surface area contributed by atoms with Gasteiger partial charge in [0.15, 0.2) is 17.8 Å². The maximum atomic E-state index is 14.0. The minimum atomic E-state index is -1.32. The van der Waals surface area contributed by atoms with Gasteiger partial charge in [-0.05, 0) is 30.3 Å². The van der Waals surface area contributed by atoms with E-state index < -0.39 is 11.6 Å². The molecule has 0 aliphatic carbocycles. The third kappa shape index (κ3) is 1.93. The monoisotopic (exact) mass is 292 g/mol. The Morgan fingerprint density at radius 2 is 2.05 bits per heavy atom. The molecule has 0 saturated carbocycles. The van der Waals surface area contributed by atoms with Crippen molar-refractivity contribution in [3.8, 4) is 11.5 Å². The van der Waals surface area contributed by atoms with Crippen LogP contribution in [0.2, 0.25) is 5.02 Å². The van der Waals surface area contributed by atoms with Crippen molar-refractivity contribution in [2.75, 3.05) is 0 Å². The van der Waals surface area contributed by atoms with Crippen LogP contribution >= 0.6 is 11.6 Å². The molecule has 0 aromatic heterocycles. The van der Waals surface area contributed by atoms with Crippen LogP contribution in [0.25, 0.3) is 0 Å². The molecule has 0 amide bonds. The molecule has 3 nitrogen and oxygen atoms in total. The summed E-state index contributed by atoms with van der Waals surface area (Å²) >= 11 is 5.74. The lowest BCUT2D eigenvalue weighted by molar-refractivity contribution is -0.0708. The molecule has 20 heavy (non-hydrogen) atoms. The highest BCUT2D eigenvalue weighted by Crippen LogP contribution is 2.46. The minimum absolute atomic E-state index is 0.218. The van der Waals surface area contributed by atoms with Gasteiger partial charge in [0.25, 0.3) is 5.79 Å². The third-order valence-corrected chi connectivity index (χ3v) is 3.39. The van der Waals surface area contributed by atoms with Crippen LogP contribution in [-0.2, 0) is 5.79 Å². The highest BCUT2D eigenvalue weighted by molar-refractivity contribution is 6.30. The average Bonchev–Trinajstić information content (AvgIpc) is 2.75. The van der Waals surface area contributed by atoms with E-state index in [1.165, 1.54) is 12.1 Å². The van der Waals surface area contributed by atoms with Crippen LogP contribution in [0.3, 0.4) is 0 Å². The SMILES string of the molecule is CC1(c2ccc(Cl)cc2F)Oc2cccc(C=O)c2O1. The van der Waals surface area contributed by atoms with E-state index in [1.807, 2.05) is 0 Å². The molecule has 1 unspecified atom stereocenters. The van der Waals surface area contributed by atoms with Crippen LogP contribution in [0.5, 0.6) is 11.5 Å². The van der Waals surface area contributed by atoms with Crippen LogP contribution in [0.4, 0.5) is 4.39 Å². The number of halogens is 2. The standard InChI is InChI=1S/C15H10ClFO3/c1-15(11-6-5-10(16)7-12(11)17)19-13-4-2-3-9(8-18)14(13)20-15/h2-8H,1H3. The van der Waals surface area contributed by atoms with Gasteiger partial charge in [-0.25, -0.2) is 4.39 Å². The highest BCUT2D eigenvalue weighted by Gasteiger charge is 2.41. The third-order valence-electron chi connectivity index (χ3n) is 3.16. The molecule has 1 atom stereocenters. The van der Waals surface area contributed by atoms with Crippen LogP contribution in [0.1, 0.15) is 22.8 Å². The van der Waals surface area contributed by atoms with Crippen molar-refractivity contribution in [2.24, 2.45) is 0 Å². The predicted molar refractivity (Wildman–Crippen MR) is 71.8 cm³/mol. The lowest BCUT2D eigenvalue weighted by atomic mass is 10.1. The molecule has 5 heteroatoms. The number of carbonyl (C=O) groups is 1. The fourth-order valence-corrected chi connectivity index (χ4v) is 2.37. The van der Waals surface area contributed by atoms with Gasteiger partial charge in [0, 0.05) is 11.9 Å². The van der Waals surface area contributed by atoms with E-state index in [9.17, 15) is 9.18 Å². The first-order valence-corrected chi connectivity index (χ1v) is 6.33. The van der Waals surface area contributed by atoms with E-state index in [-0.39, 0.29) is 5.56 Å². The summed E-state index contributed by atoms with van der Waals surface area (Å²) in [6.07, 6.45) is 0.673. The van der Waals surface area contributed by atoms with E-state index in [0.29, 0.717) is 28.4 Å². The minimum Gasteiger partial charge on any atom is -0.444 e. The van der Waals surface area contributed by atoms with Crippen molar-refractivity contribution in [1.29, 1.82) is 0 Å². The zero-order chi connectivity index (χ0) is 14.3. The number of hydrogen-bond donors (Lipinski definition) is 0. The smallest absolute Gasteiger partial charge is 0.278 e. The summed E-state index contributed by atoms with van der Waals surface area (Å²) in [6, 6.07) is 9.21. The highest BCUT2D eigenvalue weighted by atomic mass is 35.5. The first kappa shape index (κ1) is 12.9. The summed E-state index contributed by atoms with van der Waals surface area (Å²) in [4.78, 5) is 11.0. The van der Waals surface area contributed by atoms with Gasteiger partial charge >= 0.3 is 0 Å². The summed E-state index contributed by atoms with van der Waals surface area (Å²) in [5, 5.41) is 0.291. The fourth-order valence-electron chi connectivity index (χ4n) is 2.21. The van der Waals surface area contributed by atoms with Gasteiger partial charge in [0.2, 0.25) is 0 Å². The summed E-state index contributed by atoms with van der Waals surface area (Å²) in [6.45, 7) is 1.59. The van der Waals surface area contributed by atoms with Crippen molar-refractivity contribution in [2.45, 2.75) is 12.7 Å². The number of rotatable bonds is 2. The molecule has 0 bridgehead atoms. The largest absolute Gasteiger partial charge is 0.444 e. The van der Waals surface area contributed by atoms with Gasteiger partial charge in [-0.3, -0.25) is 4.79 Å². The van der Waals surface area contributed by atoms with Gasteiger partial charge in [0.05, 0.1) is 11.1 Å². The van der Waals surface area contributed by atoms with E-state index in [1.54, 1.807) is 31.2 Å². The van der Waals surface area contributed by atoms with Gasteiger partial charge in [0.1, 0.15) is 5.82 Å². The quantitative estimate of drug-likeness (QED) is 0.787. The Morgan fingerprint density at radius 1 is 1.25 bits per heavy atom. The topological polar surface area (TPSA) is 35.5 Å². The number of benzene rings is 2. The summed E-state index contributed by atoms with van der Waals surface area (Å²) in [5.74, 6) is -1.12. The van der Waals surface area contributed by atoms with Gasteiger partial charge in [-0.1, -0.05) is 17.7 Å². The molecular weight excluding hydrogens is 283 g/mol. The van der Waals surface area contributed by atoms with Crippen molar-refractivity contribution in [1.82, 2.24) is 0 Å². The second kappa shape index (κ2) is 4.49. The summed E-state index contributed by atoms with van der Waals surface area (Å²) in [7, 11) is 0. The molecular formula is C15H10ClFO3. The Labute approximate surface area is 119 Å². The fraction of sp³-hybridized carbons (Fsp3) is 0.133. The normalized spacial score (nSPS) is 19.9.